The number of rotatable bonds is 6. The van der Waals surface area contributed by atoms with Gasteiger partial charge in [-0.25, -0.2) is 9.78 Å². The molecule has 112 valence electrons. The number of hydrogen-bond acceptors (Lipinski definition) is 4. The predicted molar refractivity (Wildman–Crippen MR) is 77.3 cm³/mol. The highest BCUT2D eigenvalue weighted by molar-refractivity contribution is 5.74. The smallest absolute Gasteiger partial charge is 0.315 e. The zero-order valence-electron chi connectivity index (χ0n) is 11.9. The summed E-state index contributed by atoms with van der Waals surface area (Å²) in [7, 11) is 1.77. The average Bonchev–Trinajstić information content (AvgIpc) is 2.91. The first-order valence-electron chi connectivity index (χ1n) is 6.73. The van der Waals surface area contributed by atoms with Crippen molar-refractivity contribution in [2.24, 2.45) is 7.05 Å². The molecule has 1 atom stereocenters. The molecule has 0 saturated heterocycles. The lowest BCUT2D eigenvalue weighted by Crippen LogP contribution is -2.38. The lowest BCUT2D eigenvalue weighted by atomic mass is 10.0. The largest absolute Gasteiger partial charge is 0.396 e. The summed E-state index contributed by atoms with van der Waals surface area (Å²) < 4.78 is 1.58. The fourth-order valence-corrected chi connectivity index (χ4v) is 1.97. The van der Waals surface area contributed by atoms with E-state index in [0.29, 0.717) is 12.2 Å². The lowest BCUT2D eigenvalue weighted by molar-refractivity contribution is 0.228. The number of benzene rings is 1. The number of nitrogens with one attached hydrogen (secondary N) is 2. The van der Waals surface area contributed by atoms with Crippen LogP contribution in [-0.2, 0) is 13.6 Å². The molecule has 1 aromatic heterocycles. The zero-order chi connectivity index (χ0) is 15.1. The van der Waals surface area contributed by atoms with Crippen molar-refractivity contribution in [2.75, 3.05) is 6.61 Å². The third-order valence-electron chi connectivity index (χ3n) is 2.98. The molecule has 21 heavy (non-hydrogen) atoms. The molecular weight excluding hydrogens is 270 g/mol. The number of aliphatic hydroxyl groups is 1. The van der Waals surface area contributed by atoms with E-state index in [9.17, 15) is 4.79 Å². The highest BCUT2D eigenvalue weighted by Gasteiger charge is 2.13. The second-order valence-corrected chi connectivity index (χ2v) is 4.64. The van der Waals surface area contributed by atoms with Crippen molar-refractivity contribution in [3.63, 3.8) is 0 Å². The van der Waals surface area contributed by atoms with Gasteiger partial charge in [-0.05, 0) is 12.0 Å². The van der Waals surface area contributed by atoms with Gasteiger partial charge in [-0.2, -0.15) is 5.10 Å². The van der Waals surface area contributed by atoms with Crippen LogP contribution >= 0.6 is 0 Å². The Balaban J connectivity index is 1.89. The fourth-order valence-electron chi connectivity index (χ4n) is 1.97. The molecule has 0 unspecified atom stereocenters. The van der Waals surface area contributed by atoms with E-state index in [2.05, 4.69) is 20.7 Å². The van der Waals surface area contributed by atoms with Gasteiger partial charge in [0.25, 0.3) is 0 Å². The Bertz CT molecular complexity index is 570. The minimum atomic E-state index is -0.315. The summed E-state index contributed by atoms with van der Waals surface area (Å²) in [5.74, 6) is 0.547. The molecule has 0 aliphatic rings. The number of amides is 2. The van der Waals surface area contributed by atoms with Crippen LogP contribution in [0.1, 0.15) is 23.9 Å². The second kappa shape index (κ2) is 7.39. The number of aryl methyl sites for hydroxylation is 1. The number of urea groups is 1. The summed E-state index contributed by atoms with van der Waals surface area (Å²) in [6, 6.07) is 9.00. The van der Waals surface area contributed by atoms with Gasteiger partial charge in [0, 0.05) is 13.7 Å². The van der Waals surface area contributed by atoms with Crippen LogP contribution in [0.15, 0.2) is 36.7 Å². The molecule has 7 heteroatoms. The summed E-state index contributed by atoms with van der Waals surface area (Å²) >= 11 is 0. The maximum Gasteiger partial charge on any atom is 0.315 e. The molecule has 1 heterocycles. The van der Waals surface area contributed by atoms with Crippen LogP contribution in [-0.4, -0.2) is 32.5 Å². The first-order chi connectivity index (χ1) is 10.2. The Morgan fingerprint density at radius 3 is 2.76 bits per heavy atom. The van der Waals surface area contributed by atoms with Crippen LogP contribution in [0.2, 0.25) is 0 Å². The topological polar surface area (TPSA) is 92.1 Å². The number of carbonyl (C=O) groups excluding carboxylic acids is 1. The molecule has 0 fully saturated rings. The van der Waals surface area contributed by atoms with Gasteiger partial charge in [0.15, 0.2) is 5.82 Å². The molecule has 0 saturated carbocycles. The van der Waals surface area contributed by atoms with Crippen LogP contribution in [0.5, 0.6) is 0 Å². The van der Waals surface area contributed by atoms with Crippen molar-refractivity contribution in [3.05, 3.63) is 48.0 Å². The van der Waals surface area contributed by atoms with Crippen molar-refractivity contribution < 1.29 is 9.90 Å². The number of nitrogens with zero attached hydrogens (tertiary/aromatic N) is 3. The molecule has 7 nitrogen and oxygen atoms in total. The Morgan fingerprint density at radius 1 is 1.38 bits per heavy atom. The Morgan fingerprint density at radius 2 is 2.14 bits per heavy atom. The predicted octanol–water partition coefficient (Wildman–Crippen LogP) is 0.738. The minimum absolute atomic E-state index is 0.00162. The zero-order valence-corrected chi connectivity index (χ0v) is 11.9. The normalized spacial score (nSPS) is 11.9. The quantitative estimate of drug-likeness (QED) is 0.731. The molecule has 0 spiro atoms. The second-order valence-electron chi connectivity index (χ2n) is 4.64. The Hall–Kier alpha value is -2.41. The van der Waals surface area contributed by atoms with Gasteiger partial charge in [-0.3, -0.25) is 4.68 Å². The van der Waals surface area contributed by atoms with Crippen LogP contribution < -0.4 is 10.6 Å². The number of aliphatic hydroxyl groups excluding tert-OH is 1. The van der Waals surface area contributed by atoms with E-state index < -0.39 is 0 Å². The first-order valence-corrected chi connectivity index (χ1v) is 6.73. The van der Waals surface area contributed by atoms with E-state index in [4.69, 9.17) is 5.11 Å². The van der Waals surface area contributed by atoms with Gasteiger partial charge in [-0.1, -0.05) is 30.3 Å². The molecule has 2 rings (SSSR count). The molecule has 1 aromatic carbocycles. The molecule has 2 amide bonds. The standard InChI is InChI=1S/C14H19N5O2/c1-19-10-16-13(18-19)9-15-14(21)17-12(7-8-20)11-5-3-2-4-6-11/h2-6,10,12,20H,7-9H2,1H3,(H2,15,17,21)/t12-/m1/s1. The van der Waals surface area contributed by atoms with Crippen molar-refractivity contribution in [1.29, 1.82) is 0 Å². The number of hydrogen-bond donors (Lipinski definition) is 3. The molecule has 2 aromatic rings. The van der Waals surface area contributed by atoms with Crippen molar-refractivity contribution in [2.45, 2.75) is 19.0 Å². The van der Waals surface area contributed by atoms with E-state index in [1.165, 1.54) is 0 Å². The van der Waals surface area contributed by atoms with Gasteiger partial charge in [0.1, 0.15) is 6.33 Å². The minimum Gasteiger partial charge on any atom is -0.396 e. The van der Waals surface area contributed by atoms with Gasteiger partial charge < -0.3 is 15.7 Å². The highest BCUT2D eigenvalue weighted by Crippen LogP contribution is 2.15. The third-order valence-corrected chi connectivity index (χ3v) is 2.98. The maximum absolute atomic E-state index is 11.9. The first kappa shape index (κ1) is 15.0. The summed E-state index contributed by atoms with van der Waals surface area (Å²) in [6.07, 6.45) is 2.03. The average molecular weight is 289 g/mol. The van der Waals surface area contributed by atoms with Gasteiger partial charge in [-0.15, -0.1) is 0 Å². The number of carbonyl (C=O) groups is 1. The summed E-state index contributed by atoms with van der Waals surface area (Å²) in [4.78, 5) is 15.9. The van der Waals surface area contributed by atoms with Gasteiger partial charge in [0.05, 0.1) is 12.6 Å². The van der Waals surface area contributed by atoms with Gasteiger partial charge in [0.2, 0.25) is 0 Å². The molecule has 0 aliphatic carbocycles. The highest BCUT2D eigenvalue weighted by atomic mass is 16.3. The molecular formula is C14H19N5O2. The SMILES string of the molecule is Cn1cnc(CNC(=O)N[C@H](CCO)c2ccccc2)n1. The van der Waals surface area contributed by atoms with Crippen molar-refractivity contribution in [3.8, 4) is 0 Å². The van der Waals surface area contributed by atoms with Gasteiger partial charge >= 0.3 is 6.03 Å². The third kappa shape index (κ3) is 4.57. The lowest BCUT2D eigenvalue weighted by Gasteiger charge is -2.18. The Kier molecular flexibility index (Phi) is 5.28. The Labute approximate surface area is 123 Å². The summed E-state index contributed by atoms with van der Waals surface area (Å²) in [5.41, 5.74) is 0.956. The van der Waals surface area contributed by atoms with E-state index in [1.54, 1.807) is 18.1 Å². The fraction of sp³-hybridized carbons (Fsp3) is 0.357. The molecule has 0 radical (unpaired) electrons. The summed E-state index contributed by atoms with van der Waals surface area (Å²) in [5, 5.41) is 18.7. The van der Waals surface area contributed by atoms with E-state index in [1.807, 2.05) is 30.3 Å². The van der Waals surface area contributed by atoms with Crippen LogP contribution in [0.25, 0.3) is 0 Å². The molecule has 0 bridgehead atoms. The van der Waals surface area contributed by atoms with Crippen molar-refractivity contribution >= 4 is 6.03 Å². The maximum atomic E-state index is 11.9. The van der Waals surface area contributed by atoms with E-state index in [-0.39, 0.29) is 25.2 Å². The summed E-state index contributed by atoms with van der Waals surface area (Å²) in [6.45, 7) is 0.259. The monoisotopic (exact) mass is 289 g/mol. The molecule has 0 aliphatic heterocycles. The van der Waals surface area contributed by atoms with E-state index in [0.717, 1.165) is 5.56 Å². The molecule has 3 N–H and O–H groups in total. The van der Waals surface area contributed by atoms with Crippen molar-refractivity contribution in [1.82, 2.24) is 25.4 Å². The number of aromatic nitrogens is 3. The van der Waals surface area contributed by atoms with Crippen LogP contribution in [0.4, 0.5) is 4.79 Å². The van der Waals surface area contributed by atoms with Crippen LogP contribution in [0.3, 0.4) is 0 Å². The van der Waals surface area contributed by atoms with E-state index >= 15 is 0 Å². The van der Waals surface area contributed by atoms with Crippen LogP contribution in [0, 0.1) is 0 Å².